The molecule has 1 aliphatic heterocycles. The van der Waals surface area contributed by atoms with Crippen molar-refractivity contribution in [3.05, 3.63) is 0 Å². The minimum atomic E-state index is -1.12. The molecule has 5 saturated carbocycles. The highest BCUT2D eigenvalue weighted by molar-refractivity contribution is 5.66. The lowest BCUT2D eigenvalue weighted by Crippen LogP contribution is -2.57. The smallest absolute Gasteiger partial charge is 0.303 e. The van der Waals surface area contributed by atoms with Crippen molar-refractivity contribution in [1.29, 1.82) is 0 Å². The summed E-state index contributed by atoms with van der Waals surface area (Å²) < 4.78 is 17.9. The van der Waals surface area contributed by atoms with Crippen LogP contribution < -0.4 is 5.32 Å². The van der Waals surface area contributed by atoms with Gasteiger partial charge in [0.1, 0.15) is 0 Å². The predicted octanol–water partition coefficient (Wildman–Crippen LogP) is 6.10. The molecule has 3 N–H and O–H groups in total. The van der Waals surface area contributed by atoms with Gasteiger partial charge in [0, 0.05) is 33.7 Å². The molecule has 5 unspecified atom stereocenters. The summed E-state index contributed by atoms with van der Waals surface area (Å²) in [5.74, 6) is 3.37. The zero-order chi connectivity index (χ0) is 36.9. The Morgan fingerprint density at radius 2 is 1.52 bits per heavy atom. The SMILES string of the molecule is C#C.C#C.C#C.CO.COCCN[C@H]1CCC23C(CC[C@H]4C5CC6O[C@@H]([C@H](OC(C)=O)C(C)(C)O)CCC6[C@@]5(C)CC[C@]42[C@@H]3C)C1(C)C. The second kappa shape index (κ2) is 16.3. The van der Waals surface area contributed by atoms with E-state index >= 15 is 0 Å². The molecule has 5 aliphatic carbocycles. The number of terminal acetylenes is 3. The van der Waals surface area contributed by atoms with Gasteiger partial charge in [-0.25, -0.2) is 0 Å². The van der Waals surface area contributed by atoms with Crippen molar-refractivity contribution in [2.45, 2.75) is 136 Å². The first-order valence-corrected chi connectivity index (χ1v) is 18.0. The highest BCUT2D eigenvalue weighted by Gasteiger charge is 2.84. The van der Waals surface area contributed by atoms with E-state index in [1.807, 2.05) is 0 Å². The number of ether oxygens (including phenoxy) is 3. The number of esters is 1. The molecular formula is C41H67NO6. The fourth-order valence-electron chi connectivity index (χ4n) is 12.8. The first-order valence-electron chi connectivity index (χ1n) is 18.0. The molecule has 0 radical (unpaired) electrons. The number of carbonyl (C=O) groups is 1. The fourth-order valence-corrected chi connectivity index (χ4v) is 12.8. The normalized spacial score (nSPS) is 41.5. The Morgan fingerprint density at radius 1 is 0.917 bits per heavy atom. The Hall–Kier alpha value is -2.05. The first kappa shape index (κ1) is 42.1. The zero-order valence-electron chi connectivity index (χ0n) is 31.5. The van der Waals surface area contributed by atoms with E-state index in [0.717, 1.165) is 57.3 Å². The lowest BCUT2D eigenvalue weighted by molar-refractivity contribution is -0.200. The fraction of sp³-hybridized carbons (Fsp3) is 0.829. The van der Waals surface area contributed by atoms with Gasteiger partial charge in [0.15, 0.2) is 6.10 Å². The summed E-state index contributed by atoms with van der Waals surface area (Å²) in [6, 6.07) is 0.578. The Morgan fingerprint density at radius 3 is 2.08 bits per heavy atom. The van der Waals surface area contributed by atoms with Crippen molar-refractivity contribution in [3.8, 4) is 38.5 Å². The van der Waals surface area contributed by atoms with Crippen LogP contribution in [0.1, 0.15) is 106 Å². The molecule has 7 nitrogen and oxygen atoms in total. The Labute approximate surface area is 293 Å². The number of methoxy groups -OCH3 is 1. The van der Waals surface area contributed by atoms with Crippen molar-refractivity contribution in [3.63, 3.8) is 0 Å². The van der Waals surface area contributed by atoms with Gasteiger partial charge in [-0.15, -0.1) is 38.5 Å². The molecule has 272 valence electrons. The summed E-state index contributed by atoms with van der Waals surface area (Å²) in [5, 5.41) is 21.7. The number of aliphatic hydroxyl groups excluding tert-OH is 1. The quantitative estimate of drug-likeness (QED) is 0.171. The minimum absolute atomic E-state index is 0.212. The largest absolute Gasteiger partial charge is 0.457 e. The van der Waals surface area contributed by atoms with Crippen molar-refractivity contribution in [1.82, 2.24) is 5.32 Å². The maximum Gasteiger partial charge on any atom is 0.303 e. The van der Waals surface area contributed by atoms with E-state index in [9.17, 15) is 9.90 Å². The molecular weight excluding hydrogens is 602 g/mol. The van der Waals surface area contributed by atoms with Gasteiger partial charge in [-0.05, 0) is 123 Å². The van der Waals surface area contributed by atoms with Crippen LogP contribution in [0.4, 0.5) is 0 Å². The van der Waals surface area contributed by atoms with Gasteiger partial charge in [-0.1, -0.05) is 27.7 Å². The van der Waals surface area contributed by atoms with Crippen LogP contribution in [0.5, 0.6) is 0 Å². The van der Waals surface area contributed by atoms with Crippen molar-refractivity contribution in [2.24, 2.45) is 51.2 Å². The Bertz CT molecular complexity index is 1110. The van der Waals surface area contributed by atoms with Gasteiger partial charge in [0.25, 0.3) is 0 Å². The van der Waals surface area contributed by atoms with E-state index in [2.05, 4.69) is 71.6 Å². The van der Waals surface area contributed by atoms with Gasteiger partial charge in [-0.2, -0.15) is 0 Å². The molecule has 6 rings (SSSR count). The highest BCUT2D eigenvalue weighted by atomic mass is 16.6. The Kier molecular flexibility index (Phi) is 14.3. The highest BCUT2D eigenvalue weighted by Crippen LogP contribution is 2.89. The molecule has 0 bridgehead atoms. The molecule has 6 aliphatic rings. The summed E-state index contributed by atoms with van der Waals surface area (Å²) in [4.78, 5) is 11.9. The molecule has 1 saturated heterocycles. The second-order valence-corrected chi connectivity index (χ2v) is 16.3. The molecule has 2 spiro atoms. The van der Waals surface area contributed by atoms with E-state index in [1.165, 1.54) is 45.4 Å². The average Bonchev–Trinajstić information content (AvgIpc) is 3.45. The number of hydrogen-bond donors (Lipinski definition) is 3. The van der Waals surface area contributed by atoms with Gasteiger partial charge in [-0.3, -0.25) is 4.79 Å². The van der Waals surface area contributed by atoms with Crippen LogP contribution in [0.3, 0.4) is 0 Å². The summed E-state index contributed by atoms with van der Waals surface area (Å²) in [6.07, 6.45) is 34.6. The van der Waals surface area contributed by atoms with Gasteiger partial charge < -0.3 is 29.7 Å². The van der Waals surface area contributed by atoms with Crippen LogP contribution >= 0.6 is 0 Å². The second-order valence-electron chi connectivity index (χ2n) is 16.3. The van der Waals surface area contributed by atoms with Crippen LogP contribution in [0.25, 0.3) is 0 Å². The lowest BCUT2D eigenvalue weighted by Gasteiger charge is -2.60. The molecule has 0 aromatic rings. The third-order valence-corrected chi connectivity index (χ3v) is 14.3. The molecule has 6 fully saturated rings. The maximum absolute atomic E-state index is 11.9. The zero-order valence-corrected chi connectivity index (χ0v) is 31.5. The summed E-state index contributed by atoms with van der Waals surface area (Å²) in [6.45, 7) is 17.0. The lowest BCUT2D eigenvalue weighted by atomic mass is 9.46. The topological polar surface area (TPSA) is 97.3 Å². The minimum Gasteiger partial charge on any atom is -0.457 e. The van der Waals surface area contributed by atoms with Crippen molar-refractivity contribution >= 4 is 5.97 Å². The number of carbonyl (C=O) groups excluding carboxylic acids is 1. The molecule has 1 heterocycles. The van der Waals surface area contributed by atoms with E-state index in [1.54, 1.807) is 21.0 Å². The van der Waals surface area contributed by atoms with Crippen molar-refractivity contribution < 1.29 is 29.2 Å². The monoisotopic (exact) mass is 669 g/mol. The summed E-state index contributed by atoms with van der Waals surface area (Å²) >= 11 is 0. The number of hydrogen-bond acceptors (Lipinski definition) is 7. The van der Waals surface area contributed by atoms with Crippen LogP contribution in [0, 0.1) is 89.8 Å². The summed E-state index contributed by atoms with van der Waals surface area (Å²) in [7, 11) is 2.80. The molecule has 48 heavy (non-hydrogen) atoms. The van der Waals surface area contributed by atoms with Crippen LogP contribution in [-0.4, -0.2) is 73.5 Å². The van der Waals surface area contributed by atoms with Gasteiger partial charge in [0.2, 0.25) is 0 Å². The molecule has 0 aromatic heterocycles. The van der Waals surface area contributed by atoms with Crippen LogP contribution in [0.15, 0.2) is 0 Å². The number of rotatable bonds is 7. The molecule has 0 aromatic carbocycles. The standard InChI is InChI=1S/C34H57NO5.3C2H2.CH4O/c1-20-33-16-15-32(7)23-9-11-25(29(31(5,6)37)39-21(2)36)40-26(23)19-24(32)22(33)10-12-27-30(3,4)28(35-17-18-38-8)13-14-34(20,27)33;4*1-2/h20,22-29,35,37H,9-19H2,1-8H3;3*1-2H;2H,1H3/t20-,22-,23?,24?,25+,26?,27?,28-,29-,32+,33-,34?;;;;/m0..../s1. The van der Waals surface area contributed by atoms with E-state index in [0.29, 0.717) is 39.5 Å². The maximum atomic E-state index is 11.9. The van der Waals surface area contributed by atoms with E-state index in [4.69, 9.17) is 19.3 Å². The van der Waals surface area contributed by atoms with Crippen molar-refractivity contribution in [2.75, 3.05) is 27.4 Å². The van der Waals surface area contributed by atoms with E-state index < -0.39 is 11.7 Å². The summed E-state index contributed by atoms with van der Waals surface area (Å²) in [5.41, 5.74) is 0.537. The molecule has 7 heteroatoms. The molecule has 0 amide bonds. The first-order chi connectivity index (χ1) is 22.7. The third-order valence-electron chi connectivity index (χ3n) is 14.3. The number of nitrogens with one attached hydrogen (secondary N) is 1. The number of aliphatic hydroxyl groups is 2. The predicted molar refractivity (Wildman–Crippen MR) is 193 cm³/mol. The molecule has 12 atom stereocenters. The number of fused-ring (bicyclic) bond motifs is 4. The van der Waals surface area contributed by atoms with Gasteiger partial charge >= 0.3 is 5.97 Å². The van der Waals surface area contributed by atoms with Gasteiger partial charge in [0.05, 0.1) is 24.4 Å². The Balaban J connectivity index is 0.000000933. The van der Waals surface area contributed by atoms with E-state index in [-0.39, 0.29) is 18.2 Å². The average molecular weight is 670 g/mol. The van der Waals surface area contributed by atoms with Crippen LogP contribution in [0.2, 0.25) is 0 Å². The van der Waals surface area contributed by atoms with Crippen LogP contribution in [-0.2, 0) is 19.0 Å². The third kappa shape index (κ3) is 6.59.